The Kier molecular flexibility index (Phi) is 7.84. The van der Waals surface area contributed by atoms with E-state index < -0.39 is 6.39 Å². The molecule has 0 aliphatic heterocycles. The highest BCUT2D eigenvalue weighted by Crippen LogP contribution is 2.11. The molecule has 0 saturated carbocycles. The molecule has 0 aromatic carbocycles. The molecule has 82 valence electrons. The molecule has 0 fully saturated rings. The second-order valence-electron chi connectivity index (χ2n) is 3.06. The van der Waals surface area contributed by atoms with E-state index in [9.17, 15) is 12.9 Å². The maximum atomic E-state index is 10.2. The van der Waals surface area contributed by atoms with Crippen LogP contribution in [0.2, 0.25) is 0 Å². The average molecular weight is 219 g/mol. The maximum Gasteiger partial charge on any atom is 0.576 e. The van der Waals surface area contributed by atoms with Crippen LogP contribution in [0.3, 0.4) is 0 Å². The predicted octanol–water partition coefficient (Wildman–Crippen LogP) is 3.06. The van der Waals surface area contributed by atoms with E-state index in [1.54, 1.807) is 0 Å². The van der Waals surface area contributed by atoms with E-state index in [-0.39, 0.29) is 0 Å². The van der Waals surface area contributed by atoms with Crippen molar-refractivity contribution in [2.75, 3.05) is 26.7 Å². The Labute approximate surface area is 83.4 Å². The molecule has 0 aliphatic carbocycles. The lowest BCUT2D eigenvalue weighted by Crippen LogP contribution is -2.42. The largest absolute Gasteiger partial charge is 0.576 e. The molecular formula is C7H18BClF3N. The quantitative estimate of drug-likeness (QED) is 0.505. The number of nitrogens with zero attached hydrogens (tertiary/aromatic N) is 1. The molecule has 0 saturated heterocycles. The van der Waals surface area contributed by atoms with E-state index in [2.05, 4.69) is 39.3 Å². The van der Waals surface area contributed by atoms with Gasteiger partial charge in [0.05, 0.1) is 26.7 Å². The zero-order chi connectivity index (χ0) is 11.1. The van der Waals surface area contributed by atoms with Crippen LogP contribution in [0.1, 0.15) is 20.8 Å². The van der Waals surface area contributed by atoms with Crippen LogP contribution in [0.5, 0.6) is 0 Å². The molecular weight excluding hydrogens is 201 g/mol. The molecule has 6 heteroatoms. The van der Waals surface area contributed by atoms with Crippen LogP contribution in [0.25, 0.3) is 0 Å². The molecule has 13 heavy (non-hydrogen) atoms. The van der Waals surface area contributed by atoms with E-state index in [0.29, 0.717) is 0 Å². The van der Waals surface area contributed by atoms with Gasteiger partial charge in [0.15, 0.2) is 0 Å². The molecule has 0 atom stereocenters. The Morgan fingerprint density at radius 1 is 1.00 bits per heavy atom. The van der Waals surface area contributed by atoms with Crippen LogP contribution in [0.4, 0.5) is 12.9 Å². The van der Waals surface area contributed by atoms with E-state index in [1.165, 1.54) is 24.1 Å². The Balaban J connectivity index is 0. The van der Waals surface area contributed by atoms with Crippen LogP contribution in [-0.2, 0) is 0 Å². The monoisotopic (exact) mass is 219 g/mol. The van der Waals surface area contributed by atoms with Gasteiger partial charge in [-0.15, -0.1) is 0 Å². The number of halogens is 4. The van der Waals surface area contributed by atoms with Gasteiger partial charge in [-0.3, -0.25) is 11.5 Å². The van der Waals surface area contributed by atoms with Gasteiger partial charge >= 0.3 is 6.39 Å². The standard InChI is InChI=1S/C7H18N.BClF3/c1-5-8(4,6-2)7-3;2-1(3,4)5/h5-7H2,1-4H3;/q+1;-1. The Morgan fingerprint density at radius 2 is 1.15 bits per heavy atom. The van der Waals surface area contributed by atoms with Crippen LogP contribution >= 0.6 is 11.5 Å². The fraction of sp³-hybridized carbons (Fsp3) is 1.00. The van der Waals surface area contributed by atoms with Gasteiger partial charge in [-0.05, 0) is 20.8 Å². The molecule has 0 aromatic rings. The van der Waals surface area contributed by atoms with Gasteiger partial charge in [-0.1, -0.05) is 0 Å². The highest BCUT2D eigenvalue weighted by molar-refractivity contribution is 7.08. The Morgan fingerprint density at radius 3 is 1.15 bits per heavy atom. The third kappa shape index (κ3) is 14.9. The summed E-state index contributed by atoms with van der Waals surface area (Å²) in [5.74, 6) is 0. The van der Waals surface area contributed by atoms with Crippen molar-refractivity contribution < 1.29 is 17.4 Å². The smallest absolute Gasteiger partial charge is 0.435 e. The summed E-state index contributed by atoms with van der Waals surface area (Å²) in [5.41, 5.74) is 0. The number of quaternary nitrogens is 1. The molecule has 0 radical (unpaired) electrons. The average Bonchev–Trinajstić information content (AvgIpc) is 2.00. The topological polar surface area (TPSA) is 0 Å². The van der Waals surface area contributed by atoms with Gasteiger partial charge in [-0.2, -0.15) is 0 Å². The Hall–Kier alpha value is 0.105. The van der Waals surface area contributed by atoms with Crippen LogP contribution in [0, 0.1) is 0 Å². The van der Waals surface area contributed by atoms with E-state index in [4.69, 9.17) is 0 Å². The number of hydrogen-bond donors (Lipinski definition) is 0. The summed E-state index contributed by atoms with van der Waals surface area (Å²) >= 11 is 3.59. The molecule has 0 aliphatic rings. The zero-order valence-corrected chi connectivity index (χ0v) is 9.41. The summed E-state index contributed by atoms with van der Waals surface area (Å²) in [4.78, 5) is 0. The lowest BCUT2D eigenvalue weighted by Gasteiger charge is -2.30. The highest BCUT2D eigenvalue weighted by Gasteiger charge is 2.15. The minimum Gasteiger partial charge on any atom is -0.435 e. The van der Waals surface area contributed by atoms with Crippen molar-refractivity contribution in [1.82, 2.24) is 0 Å². The summed E-state index contributed by atoms with van der Waals surface area (Å²) in [6.07, 6.45) is -5.03. The third-order valence-corrected chi connectivity index (χ3v) is 2.29. The summed E-state index contributed by atoms with van der Waals surface area (Å²) in [5, 5.41) is 0. The van der Waals surface area contributed by atoms with Crippen molar-refractivity contribution >= 4 is 17.9 Å². The Bertz CT molecular complexity index is 111. The normalized spacial score (nSPS) is 12.0. The van der Waals surface area contributed by atoms with Crippen molar-refractivity contribution in [1.29, 1.82) is 0 Å². The second kappa shape index (κ2) is 6.54. The number of rotatable bonds is 3. The molecule has 1 nitrogen and oxygen atoms in total. The zero-order valence-electron chi connectivity index (χ0n) is 8.66. The molecule has 0 heterocycles. The van der Waals surface area contributed by atoms with Gasteiger partial charge in [0.25, 0.3) is 0 Å². The van der Waals surface area contributed by atoms with Gasteiger partial charge in [0.1, 0.15) is 0 Å². The minimum absolute atomic E-state index is 1.21. The summed E-state index contributed by atoms with van der Waals surface area (Å²) in [6, 6.07) is 0. The summed E-state index contributed by atoms with van der Waals surface area (Å²) in [6.45, 7) is 10.5. The van der Waals surface area contributed by atoms with Gasteiger partial charge in [0, 0.05) is 0 Å². The first-order chi connectivity index (χ1) is 5.68. The van der Waals surface area contributed by atoms with E-state index in [0.717, 1.165) is 0 Å². The lowest BCUT2D eigenvalue weighted by atomic mass is 10.4. The van der Waals surface area contributed by atoms with E-state index >= 15 is 0 Å². The minimum atomic E-state index is -5.03. The highest BCUT2D eigenvalue weighted by atomic mass is 35.5. The predicted molar refractivity (Wildman–Crippen MR) is 52.7 cm³/mol. The molecule has 0 aromatic heterocycles. The van der Waals surface area contributed by atoms with Gasteiger partial charge < -0.3 is 17.4 Å². The van der Waals surface area contributed by atoms with Gasteiger partial charge in [0.2, 0.25) is 0 Å². The lowest BCUT2D eigenvalue weighted by molar-refractivity contribution is -0.904. The van der Waals surface area contributed by atoms with Crippen molar-refractivity contribution in [2.24, 2.45) is 0 Å². The molecule has 0 unspecified atom stereocenters. The SMILES string of the molecule is CC[N+](C)(CC)CC.F[B-](F)(F)Cl. The molecule has 0 bridgehead atoms. The first-order valence-electron chi connectivity index (χ1n) is 4.39. The van der Waals surface area contributed by atoms with Gasteiger partial charge in [-0.25, -0.2) is 0 Å². The van der Waals surface area contributed by atoms with E-state index in [1.807, 2.05) is 0 Å². The summed E-state index contributed by atoms with van der Waals surface area (Å²) in [7, 11) is 2.29. The van der Waals surface area contributed by atoms with Crippen molar-refractivity contribution in [3.8, 4) is 0 Å². The fourth-order valence-electron chi connectivity index (χ4n) is 0.671. The third-order valence-electron chi connectivity index (χ3n) is 2.29. The first kappa shape index (κ1) is 15.6. The van der Waals surface area contributed by atoms with Crippen molar-refractivity contribution in [2.45, 2.75) is 20.8 Å². The first-order valence-corrected chi connectivity index (χ1v) is 4.83. The fourth-order valence-corrected chi connectivity index (χ4v) is 0.671. The molecule has 0 N–H and O–H groups in total. The van der Waals surface area contributed by atoms with Crippen LogP contribution < -0.4 is 0 Å². The van der Waals surface area contributed by atoms with Crippen LogP contribution in [0.15, 0.2) is 0 Å². The number of hydrogen-bond acceptors (Lipinski definition) is 0. The van der Waals surface area contributed by atoms with Crippen molar-refractivity contribution in [3.63, 3.8) is 0 Å². The summed E-state index contributed by atoms with van der Waals surface area (Å²) < 4.78 is 31.8. The second-order valence-corrected chi connectivity index (χ2v) is 3.56. The molecule has 0 spiro atoms. The van der Waals surface area contributed by atoms with Crippen molar-refractivity contribution in [3.05, 3.63) is 0 Å². The molecule has 0 rings (SSSR count). The van der Waals surface area contributed by atoms with Crippen LogP contribution in [-0.4, -0.2) is 37.6 Å². The molecule has 0 amide bonds. The maximum absolute atomic E-state index is 10.2.